The van der Waals surface area contributed by atoms with Crippen molar-refractivity contribution in [2.24, 2.45) is 13.0 Å². The first-order chi connectivity index (χ1) is 11.3. The van der Waals surface area contributed by atoms with E-state index in [0.29, 0.717) is 5.92 Å². The predicted octanol–water partition coefficient (Wildman–Crippen LogP) is 2.34. The molecule has 1 fully saturated rings. The Morgan fingerprint density at radius 3 is 2.96 bits per heavy atom. The quantitative estimate of drug-likeness (QED) is 0.821. The van der Waals surface area contributed by atoms with Gasteiger partial charge in [-0.25, -0.2) is 0 Å². The third-order valence-corrected chi connectivity index (χ3v) is 4.82. The van der Waals surface area contributed by atoms with E-state index in [1.54, 1.807) is 0 Å². The summed E-state index contributed by atoms with van der Waals surface area (Å²) >= 11 is 0. The van der Waals surface area contributed by atoms with Gasteiger partial charge in [-0.15, -0.1) is 0 Å². The lowest BCUT2D eigenvalue weighted by atomic mass is 9.96. The third kappa shape index (κ3) is 3.46. The molecule has 122 valence electrons. The summed E-state index contributed by atoms with van der Waals surface area (Å²) in [7, 11) is 2.05. The number of hydrogen-bond donors (Lipinski definition) is 0. The number of hydrogen-bond acceptors (Lipinski definition) is 4. The molecular weight excluding hydrogens is 288 g/mol. The monoisotopic (exact) mass is 312 g/mol. The summed E-state index contributed by atoms with van der Waals surface area (Å²) in [5.41, 5.74) is 3.95. The van der Waals surface area contributed by atoms with Crippen molar-refractivity contribution in [1.29, 1.82) is 0 Å². The SMILES string of the molecule is Cn1ncc2c1[C@H](COCC1CC1)CN(Cc1cccnc1)C2. The van der Waals surface area contributed by atoms with Gasteiger partial charge in [0.2, 0.25) is 0 Å². The van der Waals surface area contributed by atoms with E-state index in [0.717, 1.165) is 38.8 Å². The second-order valence-electron chi connectivity index (χ2n) is 6.89. The van der Waals surface area contributed by atoms with E-state index < -0.39 is 0 Å². The van der Waals surface area contributed by atoms with Crippen LogP contribution in [0.15, 0.2) is 30.7 Å². The summed E-state index contributed by atoms with van der Waals surface area (Å²) in [6, 6.07) is 4.15. The summed E-state index contributed by atoms with van der Waals surface area (Å²) in [5, 5.41) is 4.47. The average molecular weight is 312 g/mol. The molecule has 3 heterocycles. The van der Waals surface area contributed by atoms with Crippen LogP contribution in [-0.4, -0.2) is 39.4 Å². The number of nitrogens with zero attached hydrogens (tertiary/aromatic N) is 4. The molecule has 0 radical (unpaired) electrons. The van der Waals surface area contributed by atoms with Gasteiger partial charge in [-0.1, -0.05) is 6.07 Å². The molecule has 1 atom stereocenters. The lowest BCUT2D eigenvalue weighted by Crippen LogP contribution is -2.35. The van der Waals surface area contributed by atoms with Crippen LogP contribution in [0.25, 0.3) is 0 Å². The van der Waals surface area contributed by atoms with E-state index in [1.807, 2.05) is 36.4 Å². The molecule has 5 nitrogen and oxygen atoms in total. The van der Waals surface area contributed by atoms with Crippen molar-refractivity contribution in [2.75, 3.05) is 19.8 Å². The minimum Gasteiger partial charge on any atom is -0.380 e. The lowest BCUT2D eigenvalue weighted by Gasteiger charge is -2.33. The normalized spacial score (nSPS) is 21.3. The molecule has 0 aromatic carbocycles. The first-order valence-electron chi connectivity index (χ1n) is 8.49. The minimum absolute atomic E-state index is 0.404. The first kappa shape index (κ1) is 14.8. The van der Waals surface area contributed by atoms with Crippen molar-refractivity contribution in [3.05, 3.63) is 47.5 Å². The second-order valence-corrected chi connectivity index (χ2v) is 6.89. The zero-order chi connectivity index (χ0) is 15.6. The van der Waals surface area contributed by atoms with Gasteiger partial charge in [0.25, 0.3) is 0 Å². The molecule has 0 unspecified atom stereocenters. The van der Waals surface area contributed by atoms with Crippen molar-refractivity contribution < 1.29 is 4.74 Å². The van der Waals surface area contributed by atoms with Gasteiger partial charge < -0.3 is 4.74 Å². The Labute approximate surface area is 137 Å². The van der Waals surface area contributed by atoms with E-state index in [4.69, 9.17) is 4.74 Å². The van der Waals surface area contributed by atoms with Gasteiger partial charge in [0.05, 0.1) is 12.8 Å². The van der Waals surface area contributed by atoms with Crippen LogP contribution in [0, 0.1) is 5.92 Å². The molecule has 23 heavy (non-hydrogen) atoms. The number of aryl methyl sites for hydroxylation is 1. The fourth-order valence-corrected chi connectivity index (χ4v) is 3.51. The Morgan fingerprint density at radius 2 is 2.17 bits per heavy atom. The zero-order valence-corrected chi connectivity index (χ0v) is 13.7. The molecule has 4 rings (SSSR count). The van der Waals surface area contributed by atoms with Crippen LogP contribution in [0.5, 0.6) is 0 Å². The van der Waals surface area contributed by atoms with Gasteiger partial charge in [-0.2, -0.15) is 5.10 Å². The van der Waals surface area contributed by atoms with Crippen molar-refractivity contribution in [3.8, 4) is 0 Å². The number of pyridine rings is 1. The fourth-order valence-electron chi connectivity index (χ4n) is 3.51. The highest BCUT2D eigenvalue weighted by atomic mass is 16.5. The van der Waals surface area contributed by atoms with Crippen LogP contribution in [-0.2, 0) is 24.9 Å². The smallest absolute Gasteiger partial charge is 0.0562 e. The molecule has 0 bridgehead atoms. The number of ether oxygens (including phenoxy) is 1. The largest absolute Gasteiger partial charge is 0.380 e. The third-order valence-electron chi connectivity index (χ3n) is 4.82. The summed E-state index contributed by atoms with van der Waals surface area (Å²) in [5.74, 6) is 1.22. The molecule has 1 aliphatic heterocycles. The fraction of sp³-hybridized carbons (Fsp3) is 0.556. The van der Waals surface area contributed by atoms with Crippen molar-refractivity contribution in [3.63, 3.8) is 0 Å². The molecule has 2 aromatic rings. The second kappa shape index (κ2) is 6.42. The zero-order valence-electron chi connectivity index (χ0n) is 13.7. The van der Waals surface area contributed by atoms with Crippen LogP contribution in [0.3, 0.4) is 0 Å². The number of rotatable bonds is 6. The molecule has 0 N–H and O–H groups in total. The van der Waals surface area contributed by atoms with Crippen LogP contribution < -0.4 is 0 Å². The molecular formula is C18H24N4O. The van der Waals surface area contributed by atoms with Crippen LogP contribution in [0.1, 0.15) is 35.6 Å². The van der Waals surface area contributed by atoms with Crippen LogP contribution >= 0.6 is 0 Å². The first-order valence-corrected chi connectivity index (χ1v) is 8.49. The lowest BCUT2D eigenvalue weighted by molar-refractivity contribution is 0.0869. The number of aromatic nitrogens is 3. The van der Waals surface area contributed by atoms with Gasteiger partial charge >= 0.3 is 0 Å². The van der Waals surface area contributed by atoms with Crippen molar-refractivity contribution in [1.82, 2.24) is 19.7 Å². The van der Waals surface area contributed by atoms with E-state index in [1.165, 1.54) is 29.7 Å². The molecule has 0 spiro atoms. The Bertz CT molecular complexity index is 650. The Kier molecular flexibility index (Phi) is 4.14. The minimum atomic E-state index is 0.404. The summed E-state index contributed by atoms with van der Waals surface area (Å²) in [4.78, 5) is 6.70. The van der Waals surface area contributed by atoms with Crippen LogP contribution in [0.2, 0.25) is 0 Å². The van der Waals surface area contributed by atoms with E-state index >= 15 is 0 Å². The molecule has 0 amide bonds. The number of fused-ring (bicyclic) bond motifs is 1. The molecule has 1 aliphatic carbocycles. The Hall–Kier alpha value is -1.72. The van der Waals surface area contributed by atoms with E-state index in [9.17, 15) is 0 Å². The van der Waals surface area contributed by atoms with Crippen molar-refractivity contribution >= 4 is 0 Å². The van der Waals surface area contributed by atoms with E-state index in [2.05, 4.69) is 21.0 Å². The Balaban J connectivity index is 1.46. The predicted molar refractivity (Wildman–Crippen MR) is 87.8 cm³/mol. The maximum absolute atomic E-state index is 6.00. The molecule has 2 aliphatic rings. The molecule has 5 heteroatoms. The maximum Gasteiger partial charge on any atom is 0.0562 e. The molecule has 1 saturated carbocycles. The Morgan fingerprint density at radius 1 is 1.26 bits per heavy atom. The maximum atomic E-state index is 6.00. The van der Waals surface area contributed by atoms with Crippen LogP contribution in [0.4, 0.5) is 0 Å². The van der Waals surface area contributed by atoms with Crippen molar-refractivity contribution in [2.45, 2.75) is 31.8 Å². The van der Waals surface area contributed by atoms with Gasteiger partial charge in [-0.3, -0.25) is 14.6 Å². The highest BCUT2D eigenvalue weighted by molar-refractivity contribution is 5.25. The van der Waals surface area contributed by atoms with Gasteiger partial charge in [0.1, 0.15) is 0 Å². The average Bonchev–Trinajstić information content (AvgIpc) is 3.31. The molecule has 2 aromatic heterocycles. The van der Waals surface area contributed by atoms with Gasteiger partial charge in [0, 0.05) is 62.9 Å². The summed E-state index contributed by atoms with van der Waals surface area (Å²) < 4.78 is 8.03. The standard InChI is InChI=1S/C18H24N4O/c1-21-18-16(8-20-21)10-22(9-15-3-2-6-19-7-15)11-17(18)13-23-12-14-4-5-14/h2-3,6-8,14,17H,4-5,9-13H2,1H3/t17-/m0/s1. The van der Waals surface area contributed by atoms with Gasteiger partial charge in [-0.05, 0) is 30.4 Å². The van der Waals surface area contributed by atoms with E-state index in [-0.39, 0.29) is 0 Å². The summed E-state index contributed by atoms with van der Waals surface area (Å²) in [6.45, 7) is 4.63. The molecule has 0 saturated heterocycles. The van der Waals surface area contributed by atoms with Gasteiger partial charge in [0.15, 0.2) is 0 Å². The highest BCUT2D eigenvalue weighted by Gasteiger charge is 2.29. The topological polar surface area (TPSA) is 43.2 Å². The highest BCUT2D eigenvalue weighted by Crippen LogP contribution is 2.31. The summed E-state index contributed by atoms with van der Waals surface area (Å²) in [6.07, 6.45) is 8.48.